The normalized spacial score (nSPS) is 12.8. The molecular weight excluding hydrogens is 216 g/mol. The molecule has 1 atom stereocenters. The summed E-state index contributed by atoms with van der Waals surface area (Å²) in [6.07, 6.45) is 8.14. The lowest BCUT2D eigenvalue weighted by atomic mass is 10.1. The van der Waals surface area contributed by atoms with Gasteiger partial charge in [-0.15, -0.1) is 0 Å². The van der Waals surface area contributed by atoms with Gasteiger partial charge in [-0.1, -0.05) is 0 Å². The number of rotatable bonds is 6. The van der Waals surface area contributed by atoms with Crippen molar-refractivity contribution >= 4 is 0 Å². The van der Waals surface area contributed by atoms with Crippen molar-refractivity contribution in [3.05, 3.63) is 42.4 Å². The lowest BCUT2D eigenvalue weighted by Crippen LogP contribution is -2.10. The highest BCUT2D eigenvalue weighted by atomic mass is 16.3. The Labute approximate surface area is 101 Å². The SMILES string of the molecule is Cn1ccnc1CCC(O)CCc1ccco1. The predicted molar refractivity (Wildman–Crippen MR) is 64.6 cm³/mol. The quantitative estimate of drug-likeness (QED) is 0.831. The highest BCUT2D eigenvalue weighted by molar-refractivity contribution is 4.98. The Kier molecular flexibility index (Phi) is 3.98. The lowest BCUT2D eigenvalue weighted by molar-refractivity contribution is 0.152. The molecular formula is C13H18N2O2. The van der Waals surface area contributed by atoms with Crippen LogP contribution in [-0.4, -0.2) is 20.8 Å². The zero-order valence-electron chi connectivity index (χ0n) is 10.0. The molecule has 2 rings (SSSR count). The van der Waals surface area contributed by atoms with Crippen molar-refractivity contribution in [2.45, 2.75) is 31.8 Å². The first kappa shape index (κ1) is 11.9. The van der Waals surface area contributed by atoms with Gasteiger partial charge in [0.1, 0.15) is 11.6 Å². The van der Waals surface area contributed by atoms with Crippen LogP contribution in [0, 0.1) is 0 Å². The van der Waals surface area contributed by atoms with E-state index in [9.17, 15) is 5.11 Å². The van der Waals surface area contributed by atoms with Gasteiger partial charge < -0.3 is 14.1 Å². The monoisotopic (exact) mass is 234 g/mol. The molecule has 0 aliphatic rings. The van der Waals surface area contributed by atoms with E-state index in [-0.39, 0.29) is 6.10 Å². The maximum absolute atomic E-state index is 9.86. The number of aryl methyl sites for hydroxylation is 3. The predicted octanol–water partition coefficient (Wildman–Crippen LogP) is 1.94. The number of aliphatic hydroxyl groups excluding tert-OH is 1. The number of hydrogen-bond acceptors (Lipinski definition) is 3. The van der Waals surface area contributed by atoms with Gasteiger partial charge in [0.15, 0.2) is 0 Å². The molecule has 0 bridgehead atoms. The molecule has 1 unspecified atom stereocenters. The third-order valence-corrected chi connectivity index (χ3v) is 2.93. The van der Waals surface area contributed by atoms with Crippen LogP contribution in [0.2, 0.25) is 0 Å². The fraction of sp³-hybridized carbons (Fsp3) is 0.462. The second-order valence-electron chi connectivity index (χ2n) is 4.26. The third kappa shape index (κ3) is 3.46. The van der Waals surface area contributed by atoms with Gasteiger partial charge in [0.05, 0.1) is 12.4 Å². The minimum absolute atomic E-state index is 0.295. The van der Waals surface area contributed by atoms with Crippen LogP contribution in [-0.2, 0) is 19.9 Å². The first-order valence-corrected chi connectivity index (χ1v) is 5.92. The fourth-order valence-electron chi connectivity index (χ4n) is 1.84. The smallest absolute Gasteiger partial charge is 0.108 e. The van der Waals surface area contributed by atoms with Crippen LogP contribution in [0.4, 0.5) is 0 Å². The highest BCUT2D eigenvalue weighted by Crippen LogP contribution is 2.10. The highest BCUT2D eigenvalue weighted by Gasteiger charge is 2.08. The molecule has 0 saturated heterocycles. The van der Waals surface area contributed by atoms with Crippen LogP contribution in [0.1, 0.15) is 24.4 Å². The standard InChI is InChI=1S/C13H18N2O2/c1-15-9-8-14-13(15)7-5-11(16)4-6-12-3-2-10-17-12/h2-3,8-11,16H,4-7H2,1H3. The molecule has 0 aliphatic carbocycles. The molecule has 0 fully saturated rings. The van der Waals surface area contributed by atoms with E-state index in [0.717, 1.165) is 37.3 Å². The Hall–Kier alpha value is -1.55. The Morgan fingerprint density at radius 2 is 2.24 bits per heavy atom. The van der Waals surface area contributed by atoms with Crippen molar-refractivity contribution in [3.63, 3.8) is 0 Å². The van der Waals surface area contributed by atoms with Crippen LogP contribution in [0.3, 0.4) is 0 Å². The summed E-state index contributed by atoms with van der Waals surface area (Å²) >= 11 is 0. The van der Waals surface area contributed by atoms with E-state index in [0.29, 0.717) is 0 Å². The Bertz CT molecular complexity index is 434. The van der Waals surface area contributed by atoms with E-state index in [1.165, 1.54) is 0 Å². The molecule has 0 radical (unpaired) electrons. The van der Waals surface area contributed by atoms with Gasteiger partial charge in [-0.05, 0) is 25.0 Å². The molecule has 4 nitrogen and oxygen atoms in total. The summed E-state index contributed by atoms with van der Waals surface area (Å²) < 4.78 is 7.21. The van der Waals surface area contributed by atoms with Crippen molar-refractivity contribution in [3.8, 4) is 0 Å². The molecule has 2 aromatic heterocycles. The maximum Gasteiger partial charge on any atom is 0.108 e. The molecule has 1 N–H and O–H groups in total. The van der Waals surface area contributed by atoms with Crippen LogP contribution >= 0.6 is 0 Å². The van der Waals surface area contributed by atoms with E-state index in [1.807, 2.05) is 29.9 Å². The van der Waals surface area contributed by atoms with Gasteiger partial charge in [-0.2, -0.15) is 0 Å². The molecule has 0 spiro atoms. The number of aliphatic hydroxyl groups is 1. The number of hydrogen-bond donors (Lipinski definition) is 1. The summed E-state index contributed by atoms with van der Waals surface area (Å²) in [6, 6.07) is 3.81. The van der Waals surface area contributed by atoms with Crippen molar-refractivity contribution in [1.29, 1.82) is 0 Å². The lowest BCUT2D eigenvalue weighted by Gasteiger charge is -2.09. The maximum atomic E-state index is 9.86. The molecule has 17 heavy (non-hydrogen) atoms. The van der Waals surface area contributed by atoms with Gasteiger partial charge in [0.2, 0.25) is 0 Å². The van der Waals surface area contributed by atoms with E-state index in [1.54, 1.807) is 12.5 Å². The molecule has 2 heterocycles. The Morgan fingerprint density at radius 1 is 1.41 bits per heavy atom. The molecule has 4 heteroatoms. The van der Waals surface area contributed by atoms with Gasteiger partial charge in [-0.25, -0.2) is 4.98 Å². The number of imidazole rings is 1. The second kappa shape index (κ2) is 5.68. The van der Waals surface area contributed by atoms with Crippen LogP contribution in [0.25, 0.3) is 0 Å². The number of nitrogens with zero attached hydrogens (tertiary/aromatic N) is 2. The van der Waals surface area contributed by atoms with Gasteiger partial charge >= 0.3 is 0 Å². The summed E-state index contributed by atoms with van der Waals surface area (Å²) in [4.78, 5) is 4.23. The van der Waals surface area contributed by atoms with Crippen LogP contribution < -0.4 is 0 Å². The minimum Gasteiger partial charge on any atom is -0.469 e. The summed E-state index contributed by atoms with van der Waals surface area (Å²) in [7, 11) is 1.97. The van der Waals surface area contributed by atoms with Crippen LogP contribution in [0.15, 0.2) is 35.2 Å². The van der Waals surface area contributed by atoms with E-state index in [4.69, 9.17) is 4.42 Å². The minimum atomic E-state index is -0.295. The first-order chi connectivity index (χ1) is 8.25. The van der Waals surface area contributed by atoms with Gasteiger partial charge in [0.25, 0.3) is 0 Å². The molecule has 0 aliphatic heterocycles. The molecule has 0 saturated carbocycles. The first-order valence-electron chi connectivity index (χ1n) is 5.92. The second-order valence-corrected chi connectivity index (χ2v) is 4.26. The van der Waals surface area contributed by atoms with Gasteiger partial charge in [0, 0.05) is 32.3 Å². The molecule has 0 aromatic carbocycles. The zero-order valence-corrected chi connectivity index (χ0v) is 10.0. The topological polar surface area (TPSA) is 51.2 Å². The summed E-state index contributed by atoms with van der Waals surface area (Å²) in [5.74, 6) is 1.95. The third-order valence-electron chi connectivity index (χ3n) is 2.93. The van der Waals surface area contributed by atoms with Crippen LogP contribution in [0.5, 0.6) is 0 Å². The zero-order chi connectivity index (χ0) is 12.1. The number of furan rings is 1. The van der Waals surface area contributed by atoms with Crippen molar-refractivity contribution in [2.75, 3.05) is 0 Å². The summed E-state index contributed by atoms with van der Waals surface area (Å²) in [5, 5.41) is 9.86. The molecule has 2 aromatic rings. The Balaban J connectivity index is 1.71. The molecule has 92 valence electrons. The van der Waals surface area contributed by atoms with E-state index in [2.05, 4.69) is 4.98 Å². The van der Waals surface area contributed by atoms with E-state index >= 15 is 0 Å². The summed E-state index contributed by atoms with van der Waals surface area (Å²) in [5.41, 5.74) is 0. The van der Waals surface area contributed by atoms with Crippen molar-refractivity contribution < 1.29 is 9.52 Å². The Morgan fingerprint density at radius 3 is 2.88 bits per heavy atom. The molecule has 0 amide bonds. The number of aromatic nitrogens is 2. The van der Waals surface area contributed by atoms with Crippen molar-refractivity contribution in [1.82, 2.24) is 9.55 Å². The average Bonchev–Trinajstić information content (AvgIpc) is 2.95. The summed E-state index contributed by atoms with van der Waals surface area (Å²) in [6.45, 7) is 0. The average molecular weight is 234 g/mol. The fourth-order valence-corrected chi connectivity index (χ4v) is 1.84. The largest absolute Gasteiger partial charge is 0.469 e. The van der Waals surface area contributed by atoms with Gasteiger partial charge in [-0.3, -0.25) is 0 Å². The van der Waals surface area contributed by atoms with Crippen molar-refractivity contribution in [2.24, 2.45) is 7.05 Å². The van der Waals surface area contributed by atoms with E-state index < -0.39 is 0 Å².